The number of nitrogen functional groups attached to an aromatic ring is 1. The second kappa shape index (κ2) is 5.14. The predicted octanol–water partition coefficient (Wildman–Crippen LogP) is 0.992. The van der Waals surface area contributed by atoms with Crippen molar-refractivity contribution in [3.8, 4) is 0 Å². The van der Waals surface area contributed by atoms with Gasteiger partial charge in [-0.15, -0.1) is 0 Å². The molecule has 1 fully saturated rings. The molecule has 1 aliphatic rings. The van der Waals surface area contributed by atoms with Crippen molar-refractivity contribution < 1.29 is 19.1 Å². The van der Waals surface area contributed by atoms with Crippen molar-refractivity contribution in [1.82, 2.24) is 19.5 Å². The molecule has 9 nitrogen and oxygen atoms in total. The summed E-state index contributed by atoms with van der Waals surface area (Å²) >= 11 is 5.97. The molecule has 0 radical (unpaired) electrons. The Hall–Kier alpha value is -1.25. The maximum Gasteiger partial charge on any atom is 0.351 e. The number of hydrogen-bond donors (Lipinski definition) is 3. The smallest absolute Gasteiger partial charge is 0.351 e. The molecule has 1 saturated carbocycles. The molecule has 120 valence electrons. The summed E-state index contributed by atoms with van der Waals surface area (Å²) in [5.41, 5.74) is 5.85. The van der Waals surface area contributed by atoms with Crippen LogP contribution in [0.25, 0.3) is 11.2 Å². The van der Waals surface area contributed by atoms with Crippen molar-refractivity contribution >= 4 is 36.3 Å². The van der Waals surface area contributed by atoms with Crippen molar-refractivity contribution in [3.05, 3.63) is 11.5 Å². The standard InChI is InChI=1S/C11H15ClN5O4P/c1-6-2-11(6,21-5-22(18,19)20)3-17-4-14-7-8(12)15-10(13)16-9(7)17/h4,6H,2-3,5H2,1H3,(H2,13,15,16)(H2,18,19,20)/t6-,11+/m0/s1. The van der Waals surface area contributed by atoms with Gasteiger partial charge in [0.1, 0.15) is 11.9 Å². The first-order valence-corrected chi connectivity index (χ1v) is 8.70. The predicted molar refractivity (Wildman–Crippen MR) is 79.3 cm³/mol. The number of nitrogens with zero attached hydrogens (tertiary/aromatic N) is 4. The van der Waals surface area contributed by atoms with E-state index in [1.165, 1.54) is 6.33 Å². The zero-order valence-corrected chi connectivity index (χ0v) is 13.3. The Bertz CT molecular complexity index is 777. The van der Waals surface area contributed by atoms with Crippen LogP contribution < -0.4 is 5.73 Å². The van der Waals surface area contributed by atoms with Gasteiger partial charge in [-0.2, -0.15) is 9.97 Å². The summed E-state index contributed by atoms with van der Waals surface area (Å²) in [4.78, 5) is 30.1. The number of ether oxygens (including phenoxy) is 1. The third-order valence-corrected chi connectivity index (χ3v) is 4.52. The van der Waals surface area contributed by atoms with Crippen LogP contribution in [-0.4, -0.2) is 41.3 Å². The van der Waals surface area contributed by atoms with E-state index in [9.17, 15) is 4.57 Å². The lowest BCUT2D eigenvalue weighted by Crippen LogP contribution is -2.24. The lowest BCUT2D eigenvalue weighted by atomic mass is 10.2. The first-order chi connectivity index (χ1) is 10.2. The van der Waals surface area contributed by atoms with Crippen LogP contribution in [0.5, 0.6) is 0 Å². The fourth-order valence-electron chi connectivity index (χ4n) is 2.47. The third-order valence-electron chi connectivity index (χ3n) is 3.79. The number of halogens is 1. The molecule has 2 heterocycles. The number of aromatic nitrogens is 4. The highest BCUT2D eigenvalue weighted by Crippen LogP contribution is 2.50. The van der Waals surface area contributed by atoms with E-state index < -0.39 is 19.5 Å². The molecule has 2 atom stereocenters. The molecule has 2 aromatic rings. The lowest BCUT2D eigenvalue weighted by molar-refractivity contribution is 0.0306. The van der Waals surface area contributed by atoms with Crippen LogP contribution in [-0.2, 0) is 15.8 Å². The van der Waals surface area contributed by atoms with Gasteiger partial charge >= 0.3 is 7.60 Å². The van der Waals surface area contributed by atoms with E-state index in [-0.39, 0.29) is 17.0 Å². The molecular weight excluding hydrogens is 333 g/mol. The first-order valence-electron chi connectivity index (χ1n) is 6.52. The molecule has 1 aliphatic carbocycles. The highest BCUT2D eigenvalue weighted by atomic mass is 35.5. The van der Waals surface area contributed by atoms with Gasteiger partial charge < -0.3 is 24.8 Å². The van der Waals surface area contributed by atoms with Crippen LogP contribution in [0.2, 0.25) is 5.15 Å². The summed E-state index contributed by atoms with van der Waals surface area (Å²) in [6, 6.07) is 0. The molecule has 0 spiro atoms. The topological polar surface area (TPSA) is 136 Å². The summed E-state index contributed by atoms with van der Waals surface area (Å²) < 4.78 is 18.2. The van der Waals surface area contributed by atoms with Gasteiger partial charge in [0, 0.05) is 0 Å². The highest BCUT2D eigenvalue weighted by molar-refractivity contribution is 7.51. The maximum atomic E-state index is 11.0. The molecule has 0 amide bonds. The van der Waals surface area contributed by atoms with Gasteiger partial charge in [0.2, 0.25) is 5.95 Å². The molecule has 22 heavy (non-hydrogen) atoms. The number of nitrogens with two attached hydrogens (primary N) is 1. The Balaban J connectivity index is 1.87. The summed E-state index contributed by atoms with van der Waals surface area (Å²) in [5.74, 6) is 0.208. The average molecular weight is 348 g/mol. The van der Waals surface area contributed by atoms with Gasteiger partial charge in [0.15, 0.2) is 10.8 Å². The molecule has 0 bridgehead atoms. The largest absolute Gasteiger partial charge is 0.368 e. The lowest BCUT2D eigenvalue weighted by Gasteiger charge is -2.19. The van der Waals surface area contributed by atoms with E-state index in [2.05, 4.69) is 15.0 Å². The minimum Gasteiger partial charge on any atom is -0.368 e. The van der Waals surface area contributed by atoms with Crippen LogP contribution in [0.15, 0.2) is 6.33 Å². The monoisotopic (exact) mass is 347 g/mol. The van der Waals surface area contributed by atoms with Crippen molar-refractivity contribution in [3.63, 3.8) is 0 Å². The van der Waals surface area contributed by atoms with E-state index in [0.717, 1.165) is 0 Å². The van der Waals surface area contributed by atoms with E-state index in [1.54, 1.807) is 4.57 Å². The van der Waals surface area contributed by atoms with Crippen LogP contribution >= 0.6 is 19.2 Å². The number of hydrogen-bond acceptors (Lipinski definition) is 6. The van der Waals surface area contributed by atoms with E-state index in [4.69, 9.17) is 31.9 Å². The first kappa shape index (κ1) is 15.6. The number of imidazole rings is 1. The zero-order chi connectivity index (χ0) is 16.1. The molecule has 0 saturated heterocycles. The maximum absolute atomic E-state index is 11.0. The molecule has 4 N–H and O–H groups in total. The van der Waals surface area contributed by atoms with Gasteiger partial charge in [0.25, 0.3) is 0 Å². The number of rotatable bonds is 5. The van der Waals surface area contributed by atoms with E-state index in [1.807, 2.05) is 6.92 Å². The minimum absolute atomic E-state index is 0.0354. The van der Waals surface area contributed by atoms with Gasteiger partial charge in [-0.05, 0) is 12.3 Å². The van der Waals surface area contributed by atoms with Crippen LogP contribution in [0.4, 0.5) is 5.95 Å². The molecule has 3 rings (SSSR count). The normalized spacial score (nSPS) is 24.8. The average Bonchev–Trinajstić information content (AvgIpc) is 2.83. The zero-order valence-electron chi connectivity index (χ0n) is 11.7. The van der Waals surface area contributed by atoms with Gasteiger partial charge in [-0.1, -0.05) is 18.5 Å². The van der Waals surface area contributed by atoms with Crippen molar-refractivity contribution in [2.45, 2.75) is 25.5 Å². The van der Waals surface area contributed by atoms with E-state index in [0.29, 0.717) is 24.1 Å². The Kier molecular flexibility index (Phi) is 3.65. The SMILES string of the molecule is C[C@H]1C[C@]1(Cn1cnc2c(Cl)nc(N)nc21)OCP(=O)(O)O. The van der Waals surface area contributed by atoms with Crippen molar-refractivity contribution in [2.24, 2.45) is 5.92 Å². The number of fused-ring (bicyclic) bond motifs is 1. The quantitative estimate of drug-likeness (QED) is 0.538. The Morgan fingerprint density at radius 2 is 2.27 bits per heavy atom. The van der Waals surface area contributed by atoms with Gasteiger partial charge in [0.05, 0.1) is 18.5 Å². The van der Waals surface area contributed by atoms with Crippen LogP contribution in [0.1, 0.15) is 13.3 Å². The molecule has 0 aliphatic heterocycles. The number of anilines is 1. The van der Waals surface area contributed by atoms with Gasteiger partial charge in [-0.25, -0.2) is 4.98 Å². The van der Waals surface area contributed by atoms with Crippen molar-refractivity contribution in [2.75, 3.05) is 12.1 Å². The fourth-order valence-corrected chi connectivity index (χ4v) is 3.11. The minimum atomic E-state index is -4.22. The summed E-state index contributed by atoms with van der Waals surface area (Å²) in [6.07, 6.45) is 1.63. The summed E-state index contributed by atoms with van der Waals surface area (Å²) in [5, 5.41) is 0.162. The summed E-state index contributed by atoms with van der Waals surface area (Å²) in [6.45, 7) is 2.31. The van der Waals surface area contributed by atoms with Crippen molar-refractivity contribution in [1.29, 1.82) is 0 Å². The van der Waals surface area contributed by atoms with Crippen LogP contribution in [0.3, 0.4) is 0 Å². The second-order valence-corrected chi connectivity index (χ2v) is 7.47. The highest BCUT2D eigenvalue weighted by Gasteiger charge is 2.53. The molecule has 11 heteroatoms. The molecule has 0 unspecified atom stereocenters. The summed E-state index contributed by atoms with van der Waals surface area (Å²) in [7, 11) is -4.22. The third kappa shape index (κ3) is 2.95. The second-order valence-electron chi connectivity index (χ2n) is 5.53. The van der Waals surface area contributed by atoms with E-state index >= 15 is 0 Å². The Morgan fingerprint density at radius 1 is 1.59 bits per heavy atom. The fraction of sp³-hybridized carbons (Fsp3) is 0.545. The molecular formula is C11H15ClN5O4P. The van der Waals surface area contributed by atoms with Gasteiger partial charge in [-0.3, -0.25) is 4.57 Å². The Morgan fingerprint density at radius 3 is 2.86 bits per heavy atom. The Labute approximate surface area is 130 Å². The molecule has 0 aromatic carbocycles. The van der Waals surface area contributed by atoms with Crippen LogP contribution in [0, 0.1) is 5.92 Å². The molecule has 2 aromatic heterocycles.